The molecule has 0 saturated carbocycles. The Morgan fingerprint density at radius 2 is 1.72 bits per heavy atom. The predicted molar refractivity (Wildman–Crippen MR) is 79.6 cm³/mol. The van der Waals surface area contributed by atoms with Crippen LogP contribution in [0, 0.1) is 0 Å². The first kappa shape index (κ1) is 16.9. The zero-order chi connectivity index (χ0) is 14.2. The number of nitrogens with zero attached hydrogens (tertiary/aromatic N) is 1. The lowest BCUT2D eigenvalue weighted by Gasteiger charge is -2.35. The van der Waals surface area contributed by atoms with Gasteiger partial charge in [-0.1, -0.05) is 30.7 Å². The van der Waals surface area contributed by atoms with E-state index in [-0.39, 0.29) is 11.4 Å². The van der Waals surface area contributed by atoms with Crippen molar-refractivity contribution in [3.8, 4) is 0 Å². The average Bonchev–Trinajstić information content (AvgIpc) is 2.23. The van der Waals surface area contributed by atoms with Crippen molar-refractivity contribution < 1.29 is 4.79 Å². The molecule has 0 aliphatic carbocycles. The van der Waals surface area contributed by atoms with Crippen molar-refractivity contribution in [2.75, 3.05) is 6.54 Å². The molecule has 1 amide bonds. The number of carbonyl (C=O) groups is 1. The van der Waals surface area contributed by atoms with Gasteiger partial charge in [-0.2, -0.15) is 0 Å². The highest BCUT2D eigenvalue weighted by Gasteiger charge is 2.23. The number of carbonyl (C=O) groups excluding carboxylic acids is 1. The first-order valence-electron chi connectivity index (χ1n) is 6.87. The molecular weight excluding hydrogens is 222 g/mol. The summed E-state index contributed by atoms with van der Waals surface area (Å²) in [4.78, 5) is 13.5. The van der Waals surface area contributed by atoms with E-state index in [0.717, 1.165) is 25.8 Å². The standard InChI is InChI=1S/C16H29NO/c1-7-8-9-10-11-12-14(2)13-17(15(3)18)16(4,5)6/h8-9,12H,7,10-11,13H2,1-6H3/b9-8-,14-12-. The lowest BCUT2D eigenvalue weighted by atomic mass is 10.0. The van der Waals surface area contributed by atoms with Crippen LogP contribution >= 0.6 is 0 Å². The van der Waals surface area contributed by atoms with Gasteiger partial charge < -0.3 is 4.90 Å². The van der Waals surface area contributed by atoms with Crippen molar-refractivity contribution in [1.29, 1.82) is 0 Å². The molecule has 0 aliphatic heterocycles. The van der Waals surface area contributed by atoms with Crippen molar-refractivity contribution in [2.45, 2.75) is 66.3 Å². The number of unbranched alkanes of at least 4 members (excludes halogenated alkanes) is 1. The smallest absolute Gasteiger partial charge is 0.220 e. The van der Waals surface area contributed by atoms with E-state index in [1.807, 2.05) is 4.90 Å². The second kappa shape index (κ2) is 8.12. The van der Waals surface area contributed by atoms with Crippen molar-refractivity contribution in [3.63, 3.8) is 0 Å². The van der Waals surface area contributed by atoms with Crippen LogP contribution in [0.5, 0.6) is 0 Å². The summed E-state index contributed by atoms with van der Waals surface area (Å²) in [5.41, 5.74) is 1.16. The van der Waals surface area contributed by atoms with Crippen LogP contribution in [0.15, 0.2) is 23.8 Å². The van der Waals surface area contributed by atoms with Crippen LogP contribution in [-0.2, 0) is 4.79 Å². The Balaban J connectivity index is 4.34. The molecule has 0 aromatic carbocycles. The van der Waals surface area contributed by atoms with E-state index < -0.39 is 0 Å². The molecule has 0 aliphatic rings. The maximum Gasteiger partial charge on any atom is 0.220 e. The highest BCUT2D eigenvalue weighted by molar-refractivity contribution is 5.74. The molecule has 0 spiro atoms. The molecule has 0 bridgehead atoms. The summed E-state index contributed by atoms with van der Waals surface area (Å²) >= 11 is 0. The molecule has 104 valence electrons. The molecule has 0 saturated heterocycles. The van der Waals surface area contributed by atoms with E-state index in [9.17, 15) is 4.79 Å². The Labute approximate surface area is 113 Å². The first-order chi connectivity index (χ1) is 8.29. The summed E-state index contributed by atoms with van der Waals surface area (Å²) in [7, 11) is 0. The Hall–Kier alpha value is -1.05. The van der Waals surface area contributed by atoms with Gasteiger partial charge in [0.1, 0.15) is 0 Å². The normalized spacial score (nSPS) is 13.1. The van der Waals surface area contributed by atoms with Crippen LogP contribution in [0.1, 0.15) is 60.8 Å². The fourth-order valence-corrected chi connectivity index (χ4v) is 1.85. The molecule has 0 fully saturated rings. The number of amides is 1. The van der Waals surface area contributed by atoms with Gasteiger partial charge >= 0.3 is 0 Å². The number of hydrogen-bond acceptors (Lipinski definition) is 1. The molecule has 18 heavy (non-hydrogen) atoms. The second-order valence-corrected chi connectivity index (χ2v) is 5.78. The molecule has 2 nitrogen and oxygen atoms in total. The largest absolute Gasteiger partial charge is 0.334 e. The zero-order valence-electron chi connectivity index (χ0n) is 12.9. The molecule has 0 N–H and O–H groups in total. The van der Waals surface area contributed by atoms with Crippen LogP contribution in [0.3, 0.4) is 0 Å². The molecule has 0 atom stereocenters. The maximum absolute atomic E-state index is 11.6. The third kappa shape index (κ3) is 7.31. The average molecular weight is 251 g/mol. The Kier molecular flexibility index (Phi) is 7.65. The number of allylic oxidation sites excluding steroid dienone is 3. The highest BCUT2D eigenvalue weighted by Crippen LogP contribution is 2.15. The minimum atomic E-state index is -0.108. The van der Waals surface area contributed by atoms with Gasteiger partial charge in [0.25, 0.3) is 0 Å². The minimum absolute atomic E-state index is 0.108. The first-order valence-corrected chi connectivity index (χ1v) is 6.87. The minimum Gasteiger partial charge on any atom is -0.334 e. The van der Waals surface area contributed by atoms with Crippen LogP contribution in [-0.4, -0.2) is 22.9 Å². The topological polar surface area (TPSA) is 20.3 Å². The Morgan fingerprint density at radius 1 is 1.11 bits per heavy atom. The number of hydrogen-bond donors (Lipinski definition) is 0. The van der Waals surface area contributed by atoms with Crippen LogP contribution in [0.2, 0.25) is 0 Å². The van der Waals surface area contributed by atoms with Gasteiger partial charge in [-0.05, 0) is 47.0 Å². The third-order valence-corrected chi connectivity index (χ3v) is 2.83. The van der Waals surface area contributed by atoms with Crippen LogP contribution < -0.4 is 0 Å². The summed E-state index contributed by atoms with van der Waals surface area (Å²) in [5.74, 6) is 0.140. The van der Waals surface area contributed by atoms with E-state index in [1.54, 1.807) is 6.92 Å². The molecule has 0 aromatic heterocycles. The van der Waals surface area contributed by atoms with Crippen molar-refractivity contribution in [1.82, 2.24) is 4.90 Å². The zero-order valence-corrected chi connectivity index (χ0v) is 12.9. The van der Waals surface area contributed by atoms with Gasteiger partial charge in [0.15, 0.2) is 0 Å². The third-order valence-electron chi connectivity index (χ3n) is 2.83. The Bertz CT molecular complexity index is 308. The monoisotopic (exact) mass is 251 g/mol. The van der Waals surface area contributed by atoms with Gasteiger partial charge in [0.05, 0.1) is 0 Å². The quantitative estimate of drug-likeness (QED) is 0.508. The molecule has 0 aromatic rings. The molecular formula is C16H29NO. The van der Waals surface area contributed by atoms with Crippen LogP contribution in [0.4, 0.5) is 0 Å². The number of rotatable bonds is 6. The van der Waals surface area contributed by atoms with E-state index in [2.05, 4.69) is 52.8 Å². The van der Waals surface area contributed by atoms with E-state index in [4.69, 9.17) is 0 Å². The Morgan fingerprint density at radius 3 is 2.17 bits per heavy atom. The molecule has 0 heterocycles. The van der Waals surface area contributed by atoms with Gasteiger partial charge in [-0.15, -0.1) is 0 Å². The molecule has 0 rings (SSSR count). The lowest BCUT2D eigenvalue weighted by molar-refractivity contribution is -0.132. The van der Waals surface area contributed by atoms with Crippen LogP contribution in [0.25, 0.3) is 0 Å². The van der Waals surface area contributed by atoms with E-state index in [1.165, 1.54) is 5.57 Å². The predicted octanol–water partition coefficient (Wildman–Crippen LogP) is 4.33. The summed E-state index contributed by atoms with van der Waals surface area (Å²) in [6, 6.07) is 0. The van der Waals surface area contributed by atoms with E-state index >= 15 is 0 Å². The summed E-state index contributed by atoms with van der Waals surface area (Å²) in [6.07, 6.45) is 9.89. The fraction of sp³-hybridized carbons (Fsp3) is 0.688. The fourth-order valence-electron chi connectivity index (χ4n) is 1.85. The van der Waals surface area contributed by atoms with Gasteiger partial charge in [0, 0.05) is 19.0 Å². The van der Waals surface area contributed by atoms with Gasteiger partial charge in [-0.25, -0.2) is 0 Å². The van der Waals surface area contributed by atoms with Crippen molar-refractivity contribution in [2.24, 2.45) is 0 Å². The second-order valence-electron chi connectivity index (χ2n) is 5.78. The summed E-state index contributed by atoms with van der Waals surface area (Å²) < 4.78 is 0. The molecule has 0 radical (unpaired) electrons. The lowest BCUT2D eigenvalue weighted by Crippen LogP contribution is -2.45. The molecule has 2 heteroatoms. The SMILES string of the molecule is CC/C=C\CC/C=C(/C)CN(C(C)=O)C(C)(C)C. The summed E-state index contributed by atoms with van der Waals surface area (Å²) in [6.45, 7) is 12.8. The van der Waals surface area contributed by atoms with Crippen molar-refractivity contribution >= 4 is 5.91 Å². The summed E-state index contributed by atoms with van der Waals surface area (Å²) in [5, 5.41) is 0. The van der Waals surface area contributed by atoms with Gasteiger partial charge in [0.2, 0.25) is 5.91 Å². The molecule has 0 unspecified atom stereocenters. The van der Waals surface area contributed by atoms with E-state index in [0.29, 0.717) is 0 Å². The van der Waals surface area contributed by atoms with Crippen molar-refractivity contribution in [3.05, 3.63) is 23.8 Å². The maximum atomic E-state index is 11.6. The van der Waals surface area contributed by atoms with Gasteiger partial charge in [-0.3, -0.25) is 4.79 Å². The highest BCUT2D eigenvalue weighted by atomic mass is 16.2.